The third-order valence-corrected chi connectivity index (χ3v) is 3.52. The molecule has 0 heterocycles. The molecule has 1 rings (SSSR count). The molecule has 3 N–H and O–H groups in total. The molecule has 0 bridgehead atoms. The minimum atomic E-state index is 0.0443. The van der Waals surface area contributed by atoms with Gasteiger partial charge in [-0.2, -0.15) is 0 Å². The monoisotopic (exact) mass is 249 g/mol. The van der Waals surface area contributed by atoms with Crippen molar-refractivity contribution in [1.82, 2.24) is 4.90 Å². The van der Waals surface area contributed by atoms with Crippen molar-refractivity contribution in [3.63, 3.8) is 0 Å². The van der Waals surface area contributed by atoms with Crippen molar-refractivity contribution < 1.29 is 4.79 Å². The highest BCUT2D eigenvalue weighted by Crippen LogP contribution is 2.18. The van der Waals surface area contributed by atoms with Crippen LogP contribution in [-0.2, 0) is 0 Å². The number of nitrogen functional groups attached to an aromatic ring is 1. The molecule has 0 aliphatic rings. The van der Waals surface area contributed by atoms with Crippen molar-refractivity contribution in [1.29, 1.82) is 0 Å². The van der Waals surface area contributed by atoms with E-state index in [9.17, 15) is 4.79 Å². The molecule has 1 unspecified atom stereocenters. The van der Waals surface area contributed by atoms with Gasteiger partial charge in [-0.1, -0.05) is 13.8 Å². The van der Waals surface area contributed by atoms with Gasteiger partial charge in [-0.15, -0.1) is 0 Å². The fraction of sp³-hybridized carbons (Fsp3) is 0.500. The number of hydrazine groups is 1. The summed E-state index contributed by atoms with van der Waals surface area (Å²) in [5.74, 6) is 5.86. The molecule has 0 saturated heterocycles. The van der Waals surface area contributed by atoms with Crippen LogP contribution < -0.4 is 11.3 Å². The summed E-state index contributed by atoms with van der Waals surface area (Å²) in [6.45, 7) is 8.21. The molecule has 4 heteroatoms. The van der Waals surface area contributed by atoms with Crippen LogP contribution in [0.3, 0.4) is 0 Å². The number of carbonyl (C=O) groups is 1. The number of carbonyl (C=O) groups excluding carboxylic acids is 1. The Morgan fingerprint density at radius 1 is 1.33 bits per heavy atom. The number of benzene rings is 1. The second kappa shape index (κ2) is 5.87. The maximum atomic E-state index is 12.3. The Morgan fingerprint density at radius 2 is 1.94 bits per heavy atom. The summed E-state index contributed by atoms with van der Waals surface area (Å²) in [6, 6.07) is 5.70. The molecule has 0 fully saturated rings. The van der Waals surface area contributed by atoms with E-state index in [2.05, 4.69) is 26.2 Å². The zero-order chi connectivity index (χ0) is 13.9. The summed E-state index contributed by atoms with van der Waals surface area (Å²) >= 11 is 0. The van der Waals surface area contributed by atoms with Gasteiger partial charge >= 0.3 is 0 Å². The molecule has 0 aliphatic heterocycles. The number of rotatable bonds is 4. The van der Waals surface area contributed by atoms with Crippen molar-refractivity contribution in [2.75, 3.05) is 12.5 Å². The number of nitrogens with one attached hydrogen (secondary N) is 1. The molecule has 4 nitrogen and oxygen atoms in total. The number of nitrogens with two attached hydrogens (primary N) is 1. The van der Waals surface area contributed by atoms with Gasteiger partial charge in [0.15, 0.2) is 0 Å². The zero-order valence-corrected chi connectivity index (χ0v) is 11.8. The van der Waals surface area contributed by atoms with E-state index in [4.69, 9.17) is 5.84 Å². The SMILES string of the molecule is Cc1cc(C(=O)N(C)C(C)C(C)C)ccc1NN. The van der Waals surface area contributed by atoms with Crippen molar-refractivity contribution >= 4 is 11.6 Å². The third kappa shape index (κ3) is 3.01. The molecule has 1 amide bonds. The highest BCUT2D eigenvalue weighted by Gasteiger charge is 2.20. The molecular weight excluding hydrogens is 226 g/mol. The van der Waals surface area contributed by atoms with Crippen molar-refractivity contribution in [3.8, 4) is 0 Å². The van der Waals surface area contributed by atoms with Gasteiger partial charge in [0.1, 0.15) is 0 Å². The van der Waals surface area contributed by atoms with Gasteiger partial charge in [-0.05, 0) is 43.5 Å². The number of amides is 1. The van der Waals surface area contributed by atoms with Crippen LogP contribution >= 0.6 is 0 Å². The van der Waals surface area contributed by atoms with E-state index in [0.29, 0.717) is 11.5 Å². The van der Waals surface area contributed by atoms with Crippen LogP contribution in [0.1, 0.15) is 36.7 Å². The van der Waals surface area contributed by atoms with Crippen LogP contribution in [0.2, 0.25) is 0 Å². The highest BCUT2D eigenvalue weighted by molar-refractivity contribution is 5.95. The smallest absolute Gasteiger partial charge is 0.253 e. The topological polar surface area (TPSA) is 58.4 Å². The molecule has 0 aromatic heterocycles. The molecule has 0 radical (unpaired) electrons. The predicted octanol–water partition coefficient (Wildman–Crippen LogP) is 2.40. The Balaban J connectivity index is 2.94. The Bertz CT molecular complexity index is 429. The molecular formula is C14H23N3O. The zero-order valence-electron chi connectivity index (χ0n) is 11.8. The summed E-state index contributed by atoms with van der Waals surface area (Å²) in [5.41, 5.74) is 5.11. The fourth-order valence-electron chi connectivity index (χ4n) is 1.79. The number of nitrogens with zero attached hydrogens (tertiary/aromatic N) is 1. The maximum Gasteiger partial charge on any atom is 0.253 e. The second-order valence-corrected chi connectivity index (χ2v) is 5.07. The van der Waals surface area contributed by atoms with Crippen LogP contribution in [0.5, 0.6) is 0 Å². The highest BCUT2D eigenvalue weighted by atomic mass is 16.2. The normalized spacial score (nSPS) is 12.4. The van der Waals surface area contributed by atoms with Gasteiger partial charge in [0.25, 0.3) is 5.91 Å². The van der Waals surface area contributed by atoms with Gasteiger partial charge in [0, 0.05) is 18.7 Å². The first-order valence-corrected chi connectivity index (χ1v) is 6.23. The third-order valence-electron chi connectivity index (χ3n) is 3.52. The lowest BCUT2D eigenvalue weighted by atomic mass is 10.0. The minimum absolute atomic E-state index is 0.0443. The van der Waals surface area contributed by atoms with E-state index < -0.39 is 0 Å². The molecule has 1 atom stereocenters. The van der Waals surface area contributed by atoms with Crippen LogP contribution in [-0.4, -0.2) is 23.9 Å². The summed E-state index contributed by atoms with van der Waals surface area (Å²) in [6.07, 6.45) is 0. The average molecular weight is 249 g/mol. The lowest BCUT2D eigenvalue weighted by Crippen LogP contribution is -2.38. The van der Waals surface area contributed by atoms with Crippen molar-refractivity contribution in [3.05, 3.63) is 29.3 Å². The number of anilines is 1. The molecule has 1 aromatic rings. The number of aryl methyl sites for hydroxylation is 1. The first-order valence-electron chi connectivity index (χ1n) is 6.23. The lowest BCUT2D eigenvalue weighted by Gasteiger charge is -2.28. The molecule has 100 valence electrons. The molecule has 1 aromatic carbocycles. The van der Waals surface area contributed by atoms with Gasteiger partial charge in [-0.25, -0.2) is 0 Å². The Kier molecular flexibility index (Phi) is 4.73. The number of hydrogen-bond acceptors (Lipinski definition) is 3. The van der Waals surface area contributed by atoms with Crippen LogP contribution in [0.4, 0.5) is 5.69 Å². The van der Waals surface area contributed by atoms with E-state index in [1.54, 1.807) is 11.0 Å². The molecule has 18 heavy (non-hydrogen) atoms. The van der Waals surface area contributed by atoms with E-state index in [0.717, 1.165) is 11.3 Å². The predicted molar refractivity (Wildman–Crippen MR) is 75.4 cm³/mol. The summed E-state index contributed by atoms with van der Waals surface area (Å²) in [7, 11) is 1.84. The Hall–Kier alpha value is -1.55. The largest absolute Gasteiger partial charge is 0.339 e. The molecule has 0 spiro atoms. The van der Waals surface area contributed by atoms with E-state index in [1.807, 2.05) is 26.1 Å². The van der Waals surface area contributed by atoms with Crippen LogP contribution in [0.15, 0.2) is 18.2 Å². The van der Waals surface area contributed by atoms with Gasteiger partial charge in [-0.3, -0.25) is 10.6 Å². The van der Waals surface area contributed by atoms with Crippen molar-refractivity contribution in [2.24, 2.45) is 11.8 Å². The minimum Gasteiger partial charge on any atom is -0.339 e. The maximum absolute atomic E-state index is 12.3. The van der Waals surface area contributed by atoms with E-state index in [1.165, 1.54) is 0 Å². The molecule has 0 aliphatic carbocycles. The van der Waals surface area contributed by atoms with E-state index in [-0.39, 0.29) is 11.9 Å². The summed E-state index contributed by atoms with van der Waals surface area (Å²) < 4.78 is 0. The fourth-order valence-corrected chi connectivity index (χ4v) is 1.79. The van der Waals surface area contributed by atoms with E-state index >= 15 is 0 Å². The van der Waals surface area contributed by atoms with Crippen LogP contribution in [0, 0.1) is 12.8 Å². The first-order chi connectivity index (χ1) is 8.38. The van der Waals surface area contributed by atoms with Crippen molar-refractivity contribution in [2.45, 2.75) is 33.7 Å². The average Bonchev–Trinajstić information content (AvgIpc) is 2.35. The first kappa shape index (κ1) is 14.5. The standard InChI is InChI=1S/C14H23N3O/c1-9(2)11(4)17(5)14(18)12-6-7-13(16-15)10(3)8-12/h6-9,11,16H,15H2,1-5H3. The van der Waals surface area contributed by atoms with Gasteiger partial charge in [0.05, 0.1) is 5.69 Å². The second-order valence-electron chi connectivity index (χ2n) is 5.07. The van der Waals surface area contributed by atoms with Crippen LogP contribution in [0.25, 0.3) is 0 Å². The van der Waals surface area contributed by atoms with Gasteiger partial charge in [0.2, 0.25) is 0 Å². The Labute approximate surface area is 109 Å². The molecule has 0 saturated carbocycles. The quantitative estimate of drug-likeness (QED) is 0.636. The number of hydrogen-bond donors (Lipinski definition) is 2. The summed E-state index contributed by atoms with van der Waals surface area (Å²) in [4.78, 5) is 14.1. The summed E-state index contributed by atoms with van der Waals surface area (Å²) in [5, 5.41) is 0. The van der Waals surface area contributed by atoms with Gasteiger partial charge < -0.3 is 10.3 Å². The Morgan fingerprint density at radius 3 is 2.39 bits per heavy atom. The lowest BCUT2D eigenvalue weighted by molar-refractivity contribution is 0.0707.